The van der Waals surface area contributed by atoms with Crippen LogP contribution in [0.15, 0.2) is 54.7 Å². The standard InChI is InChI=1S/C24H22N6O5/c1-26-22(32)20-16-8-7-13(10-18(16)29-30-20)15-9-17(23(34-2)28-12-15)21(31)27-11-14-5-3-4-6-19(14)35-24(25)33/h3-10,12H,11H2,1-2H3,(H2,25,33)(H,26,32)(H,27,31)(H,29,30). The van der Waals surface area contributed by atoms with Crippen molar-refractivity contribution in [3.63, 3.8) is 0 Å². The molecule has 0 spiro atoms. The van der Waals surface area contributed by atoms with E-state index in [4.69, 9.17) is 15.2 Å². The van der Waals surface area contributed by atoms with Gasteiger partial charge in [-0.3, -0.25) is 14.7 Å². The molecule has 0 fully saturated rings. The molecule has 0 aliphatic heterocycles. The molecule has 2 aromatic carbocycles. The van der Waals surface area contributed by atoms with E-state index in [9.17, 15) is 14.4 Å². The summed E-state index contributed by atoms with van der Waals surface area (Å²) < 4.78 is 10.3. The third-order valence-corrected chi connectivity index (χ3v) is 5.25. The number of benzene rings is 2. The van der Waals surface area contributed by atoms with Crippen molar-refractivity contribution < 1.29 is 23.9 Å². The molecule has 0 unspecified atom stereocenters. The van der Waals surface area contributed by atoms with Crippen LogP contribution in [0.4, 0.5) is 4.79 Å². The number of hydrogen-bond donors (Lipinski definition) is 4. The predicted octanol–water partition coefficient (Wildman–Crippen LogP) is 2.38. The molecule has 4 aromatic rings. The Morgan fingerprint density at radius 3 is 2.60 bits per heavy atom. The van der Waals surface area contributed by atoms with E-state index < -0.39 is 12.0 Å². The highest BCUT2D eigenvalue weighted by Gasteiger charge is 2.18. The number of nitrogens with one attached hydrogen (secondary N) is 3. The average molecular weight is 474 g/mol. The molecule has 11 heteroatoms. The molecule has 0 atom stereocenters. The average Bonchev–Trinajstić information content (AvgIpc) is 3.30. The Labute approximate surface area is 199 Å². The molecule has 2 aromatic heterocycles. The number of pyridine rings is 1. The summed E-state index contributed by atoms with van der Waals surface area (Å²) in [5.74, 6) is -0.327. The van der Waals surface area contributed by atoms with Gasteiger partial charge >= 0.3 is 6.09 Å². The highest BCUT2D eigenvalue weighted by Crippen LogP contribution is 2.28. The maximum absolute atomic E-state index is 13.0. The summed E-state index contributed by atoms with van der Waals surface area (Å²) in [5.41, 5.74) is 8.27. The molecule has 0 saturated heterocycles. The summed E-state index contributed by atoms with van der Waals surface area (Å²) in [4.78, 5) is 40.4. The van der Waals surface area contributed by atoms with Gasteiger partial charge in [-0.25, -0.2) is 9.78 Å². The third kappa shape index (κ3) is 4.88. The van der Waals surface area contributed by atoms with Crippen LogP contribution in [0.2, 0.25) is 0 Å². The molecule has 0 bridgehead atoms. The second-order valence-electron chi connectivity index (χ2n) is 7.40. The number of para-hydroxylation sites is 1. The molecule has 0 aliphatic carbocycles. The smallest absolute Gasteiger partial charge is 0.409 e. The molecule has 3 amide bonds. The topological polar surface area (TPSA) is 161 Å². The van der Waals surface area contributed by atoms with E-state index in [2.05, 4.69) is 25.8 Å². The van der Waals surface area contributed by atoms with Crippen molar-refractivity contribution in [1.29, 1.82) is 0 Å². The number of hydrogen-bond acceptors (Lipinski definition) is 7. The number of H-pyrrole nitrogens is 1. The van der Waals surface area contributed by atoms with Crippen molar-refractivity contribution in [2.75, 3.05) is 14.2 Å². The fourth-order valence-electron chi connectivity index (χ4n) is 3.55. The van der Waals surface area contributed by atoms with Gasteiger partial charge in [0.25, 0.3) is 11.8 Å². The monoisotopic (exact) mass is 474 g/mol. The Morgan fingerprint density at radius 1 is 1.06 bits per heavy atom. The Kier molecular flexibility index (Phi) is 6.58. The van der Waals surface area contributed by atoms with Gasteiger partial charge in [0, 0.05) is 36.3 Å². The predicted molar refractivity (Wildman–Crippen MR) is 127 cm³/mol. The molecule has 0 aliphatic rings. The van der Waals surface area contributed by atoms with Crippen LogP contribution < -0.4 is 25.8 Å². The van der Waals surface area contributed by atoms with Gasteiger partial charge in [0.1, 0.15) is 11.3 Å². The van der Waals surface area contributed by atoms with Gasteiger partial charge in [-0.1, -0.05) is 24.3 Å². The number of methoxy groups -OCH3 is 1. The van der Waals surface area contributed by atoms with E-state index >= 15 is 0 Å². The zero-order chi connectivity index (χ0) is 24.9. The number of carbonyl (C=O) groups is 3. The van der Waals surface area contributed by atoms with Crippen LogP contribution in [0, 0.1) is 0 Å². The lowest BCUT2D eigenvalue weighted by Crippen LogP contribution is -2.25. The lowest BCUT2D eigenvalue weighted by Gasteiger charge is -2.12. The number of aromatic nitrogens is 3. The van der Waals surface area contributed by atoms with E-state index in [0.717, 1.165) is 5.56 Å². The van der Waals surface area contributed by atoms with Crippen molar-refractivity contribution in [2.45, 2.75) is 6.54 Å². The van der Waals surface area contributed by atoms with Crippen LogP contribution in [0.3, 0.4) is 0 Å². The highest BCUT2D eigenvalue weighted by atomic mass is 16.5. The minimum absolute atomic E-state index is 0.0814. The van der Waals surface area contributed by atoms with Crippen LogP contribution in [-0.4, -0.2) is 47.2 Å². The largest absolute Gasteiger partial charge is 0.480 e. The van der Waals surface area contributed by atoms with E-state index in [-0.39, 0.29) is 29.6 Å². The molecule has 178 valence electrons. The second kappa shape index (κ2) is 9.91. The Hall–Kier alpha value is -4.93. The number of ether oxygens (including phenoxy) is 2. The number of nitrogens with zero attached hydrogens (tertiary/aromatic N) is 2. The molecule has 35 heavy (non-hydrogen) atoms. The number of carbonyl (C=O) groups excluding carboxylic acids is 3. The molecular weight excluding hydrogens is 452 g/mol. The Morgan fingerprint density at radius 2 is 1.86 bits per heavy atom. The van der Waals surface area contributed by atoms with Crippen LogP contribution in [0.25, 0.3) is 22.0 Å². The molecule has 0 radical (unpaired) electrons. The minimum Gasteiger partial charge on any atom is -0.480 e. The number of amides is 3. The number of primary amides is 1. The molecule has 5 N–H and O–H groups in total. The molecule has 0 saturated carbocycles. The number of fused-ring (bicyclic) bond motifs is 1. The maximum Gasteiger partial charge on any atom is 0.409 e. The second-order valence-corrected chi connectivity index (χ2v) is 7.40. The lowest BCUT2D eigenvalue weighted by molar-refractivity contribution is 0.0943. The van der Waals surface area contributed by atoms with E-state index in [1.807, 2.05) is 12.1 Å². The van der Waals surface area contributed by atoms with Gasteiger partial charge < -0.3 is 25.8 Å². The molecule has 2 heterocycles. The van der Waals surface area contributed by atoms with Crippen LogP contribution >= 0.6 is 0 Å². The molecule has 11 nitrogen and oxygen atoms in total. The first kappa shape index (κ1) is 23.2. The molecule has 4 rings (SSSR count). The summed E-state index contributed by atoms with van der Waals surface area (Å²) >= 11 is 0. The first-order valence-electron chi connectivity index (χ1n) is 10.5. The van der Waals surface area contributed by atoms with Gasteiger partial charge in [-0.05, 0) is 29.8 Å². The highest BCUT2D eigenvalue weighted by molar-refractivity contribution is 6.05. The van der Waals surface area contributed by atoms with Crippen LogP contribution in [0.5, 0.6) is 11.6 Å². The first-order valence-corrected chi connectivity index (χ1v) is 10.5. The number of rotatable bonds is 7. The zero-order valence-corrected chi connectivity index (χ0v) is 18.9. The number of aromatic amines is 1. The van der Waals surface area contributed by atoms with Crippen molar-refractivity contribution in [1.82, 2.24) is 25.8 Å². The lowest BCUT2D eigenvalue weighted by atomic mass is 10.0. The fraction of sp³-hybridized carbons (Fsp3) is 0.125. The Bertz CT molecular complexity index is 1430. The van der Waals surface area contributed by atoms with Gasteiger partial charge in [-0.15, -0.1) is 0 Å². The SMILES string of the molecule is CNC(=O)c1n[nH]c2cc(-c3cnc(OC)c(C(=O)NCc4ccccc4OC(N)=O)c3)ccc12. The van der Waals surface area contributed by atoms with Crippen LogP contribution in [-0.2, 0) is 6.54 Å². The van der Waals surface area contributed by atoms with Crippen molar-refractivity contribution >= 4 is 28.8 Å². The normalized spacial score (nSPS) is 10.6. The summed E-state index contributed by atoms with van der Waals surface area (Å²) in [5, 5.41) is 12.9. The zero-order valence-electron chi connectivity index (χ0n) is 18.9. The van der Waals surface area contributed by atoms with E-state index in [1.54, 1.807) is 42.6 Å². The van der Waals surface area contributed by atoms with Crippen molar-refractivity contribution in [2.24, 2.45) is 5.73 Å². The third-order valence-electron chi connectivity index (χ3n) is 5.25. The summed E-state index contributed by atoms with van der Waals surface area (Å²) in [7, 11) is 2.96. The minimum atomic E-state index is -0.945. The van der Waals surface area contributed by atoms with Gasteiger partial charge in [0.2, 0.25) is 5.88 Å². The quantitative estimate of drug-likeness (QED) is 0.320. The van der Waals surface area contributed by atoms with Gasteiger partial charge in [0.05, 0.1) is 12.6 Å². The fourth-order valence-corrected chi connectivity index (χ4v) is 3.55. The molecular formula is C24H22N6O5. The summed E-state index contributed by atoms with van der Waals surface area (Å²) in [6.07, 6.45) is 0.641. The van der Waals surface area contributed by atoms with Gasteiger partial charge in [-0.2, -0.15) is 5.10 Å². The van der Waals surface area contributed by atoms with E-state index in [0.29, 0.717) is 27.7 Å². The summed E-state index contributed by atoms with van der Waals surface area (Å²) in [6, 6.07) is 13.8. The number of nitrogens with two attached hydrogens (primary N) is 1. The Balaban J connectivity index is 1.60. The summed E-state index contributed by atoms with van der Waals surface area (Å²) in [6.45, 7) is 0.0814. The van der Waals surface area contributed by atoms with E-state index in [1.165, 1.54) is 14.2 Å². The first-order chi connectivity index (χ1) is 16.9. The van der Waals surface area contributed by atoms with Gasteiger partial charge in [0.15, 0.2) is 5.69 Å². The van der Waals surface area contributed by atoms with Crippen molar-refractivity contribution in [3.8, 4) is 22.8 Å². The van der Waals surface area contributed by atoms with Crippen molar-refractivity contribution in [3.05, 3.63) is 71.5 Å². The maximum atomic E-state index is 13.0. The van der Waals surface area contributed by atoms with Crippen LogP contribution in [0.1, 0.15) is 26.4 Å².